The Morgan fingerprint density at radius 3 is 2.17 bits per heavy atom. The summed E-state index contributed by atoms with van der Waals surface area (Å²) in [4.78, 5) is 15.2. The summed E-state index contributed by atoms with van der Waals surface area (Å²) in [7, 11) is 0. The zero-order chi connectivity index (χ0) is 19.5. The number of nitrogens with zero attached hydrogens (tertiary/aromatic N) is 3. The number of hydrogen-bond acceptors (Lipinski definition) is 3. The topological polar surface area (TPSA) is 54.0 Å². The molecule has 2 heterocycles. The van der Waals surface area contributed by atoms with Crippen molar-refractivity contribution >= 4 is 45.4 Å². The highest BCUT2D eigenvalue weighted by Crippen LogP contribution is 2.16. The van der Waals surface area contributed by atoms with Crippen LogP contribution in [0.4, 0.5) is 0 Å². The standard InChI is InChI=1S/C22H25ClN4O.BrH/c23-18-10-8-17(9-11-18)21(28)16-27-20-7-3-2-6-19(20)26(22(27)24)15-14-25-12-4-1-5-13-25;/h2-3,6-11,24H,1,4-5,12-16H2;1H. The first kappa shape index (κ1) is 21.8. The first-order valence-electron chi connectivity index (χ1n) is 9.87. The van der Waals surface area contributed by atoms with Crippen LogP contribution in [0.25, 0.3) is 11.0 Å². The Labute approximate surface area is 186 Å². The minimum atomic E-state index is -0.0194. The van der Waals surface area contributed by atoms with Crippen LogP contribution < -0.4 is 5.62 Å². The maximum absolute atomic E-state index is 12.8. The lowest BCUT2D eigenvalue weighted by Crippen LogP contribution is -2.35. The van der Waals surface area contributed by atoms with E-state index in [0.717, 1.165) is 37.2 Å². The summed E-state index contributed by atoms with van der Waals surface area (Å²) in [6, 6.07) is 14.9. The lowest BCUT2D eigenvalue weighted by molar-refractivity contribution is 0.0971. The van der Waals surface area contributed by atoms with Crippen molar-refractivity contribution in [1.82, 2.24) is 14.0 Å². The molecule has 29 heavy (non-hydrogen) atoms. The third kappa shape index (κ3) is 4.82. The van der Waals surface area contributed by atoms with Gasteiger partial charge in [-0.25, -0.2) is 0 Å². The van der Waals surface area contributed by atoms with E-state index < -0.39 is 0 Å². The quantitative estimate of drug-likeness (QED) is 0.531. The maximum atomic E-state index is 12.8. The van der Waals surface area contributed by atoms with Crippen LogP contribution in [-0.2, 0) is 13.1 Å². The molecule has 154 valence electrons. The van der Waals surface area contributed by atoms with Gasteiger partial charge in [0.2, 0.25) is 5.62 Å². The molecule has 1 aromatic heterocycles. The second kappa shape index (κ2) is 9.74. The van der Waals surface area contributed by atoms with Crippen LogP contribution in [0.1, 0.15) is 29.6 Å². The summed E-state index contributed by atoms with van der Waals surface area (Å²) in [5.74, 6) is -0.0194. The molecule has 0 radical (unpaired) electrons. The Kier molecular flexibility index (Phi) is 7.33. The van der Waals surface area contributed by atoms with Crippen LogP contribution in [0, 0.1) is 5.41 Å². The molecule has 0 aliphatic carbocycles. The van der Waals surface area contributed by atoms with Crippen molar-refractivity contribution in [3.8, 4) is 0 Å². The molecule has 0 saturated carbocycles. The van der Waals surface area contributed by atoms with Gasteiger partial charge in [0.1, 0.15) is 0 Å². The number of likely N-dealkylation sites (tertiary alicyclic amines) is 1. The highest BCUT2D eigenvalue weighted by atomic mass is 79.9. The van der Waals surface area contributed by atoms with E-state index in [2.05, 4.69) is 4.90 Å². The normalized spacial score (nSPS) is 14.7. The third-order valence-corrected chi connectivity index (χ3v) is 5.78. The van der Waals surface area contributed by atoms with E-state index >= 15 is 0 Å². The summed E-state index contributed by atoms with van der Waals surface area (Å²) < 4.78 is 3.83. The molecule has 1 aliphatic heterocycles. The SMILES string of the molecule is Br.N=c1n(CCN2CCCCC2)c2ccccc2n1CC(=O)c1ccc(Cl)cc1. The highest BCUT2D eigenvalue weighted by Gasteiger charge is 2.16. The number of imidazole rings is 1. The number of hydrogen-bond donors (Lipinski definition) is 1. The zero-order valence-electron chi connectivity index (χ0n) is 16.3. The van der Waals surface area contributed by atoms with Crippen LogP contribution in [0.3, 0.4) is 0 Å². The summed E-state index contributed by atoms with van der Waals surface area (Å²) in [5.41, 5.74) is 2.92. The number of rotatable bonds is 6. The molecule has 1 aliphatic rings. The molecule has 3 aromatic rings. The van der Waals surface area contributed by atoms with Crippen LogP contribution >= 0.6 is 28.6 Å². The van der Waals surface area contributed by atoms with E-state index in [-0.39, 0.29) is 29.3 Å². The van der Waals surface area contributed by atoms with Gasteiger partial charge in [0, 0.05) is 23.7 Å². The highest BCUT2D eigenvalue weighted by molar-refractivity contribution is 8.93. The molecule has 2 aromatic carbocycles. The Morgan fingerprint density at radius 1 is 0.897 bits per heavy atom. The lowest BCUT2D eigenvalue weighted by atomic mass is 10.1. The molecular weight excluding hydrogens is 452 g/mol. The van der Waals surface area contributed by atoms with Crippen molar-refractivity contribution in [2.45, 2.75) is 32.4 Å². The number of piperidine rings is 1. The number of carbonyl (C=O) groups excluding carboxylic acids is 1. The number of aromatic nitrogens is 2. The molecule has 5 nitrogen and oxygen atoms in total. The van der Waals surface area contributed by atoms with Gasteiger partial charge in [0.25, 0.3) is 0 Å². The summed E-state index contributed by atoms with van der Waals surface area (Å²) in [5, 5.41) is 9.33. The number of carbonyl (C=O) groups is 1. The van der Waals surface area contributed by atoms with Gasteiger partial charge < -0.3 is 14.0 Å². The number of para-hydroxylation sites is 2. The predicted octanol–water partition coefficient (Wildman–Crippen LogP) is 4.52. The van der Waals surface area contributed by atoms with E-state index in [1.165, 1.54) is 19.3 Å². The van der Waals surface area contributed by atoms with Crippen molar-refractivity contribution in [3.63, 3.8) is 0 Å². The minimum absolute atomic E-state index is 0. The Bertz CT molecular complexity index is 1040. The average Bonchev–Trinajstić information content (AvgIpc) is 2.99. The maximum Gasteiger partial charge on any atom is 0.203 e. The van der Waals surface area contributed by atoms with E-state index in [9.17, 15) is 4.79 Å². The fraction of sp³-hybridized carbons (Fsp3) is 0.364. The molecule has 0 bridgehead atoms. The second-order valence-electron chi connectivity index (χ2n) is 7.38. The van der Waals surface area contributed by atoms with E-state index in [1.807, 2.05) is 33.4 Å². The van der Waals surface area contributed by atoms with Crippen LogP contribution in [-0.4, -0.2) is 39.5 Å². The molecule has 7 heteroatoms. The Morgan fingerprint density at radius 2 is 1.52 bits per heavy atom. The van der Waals surface area contributed by atoms with Crippen LogP contribution in [0.15, 0.2) is 48.5 Å². The Hall–Kier alpha value is -1.89. The largest absolute Gasteiger partial charge is 0.309 e. The van der Waals surface area contributed by atoms with Crippen LogP contribution in [0.5, 0.6) is 0 Å². The van der Waals surface area contributed by atoms with Crippen molar-refractivity contribution < 1.29 is 4.79 Å². The van der Waals surface area contributed by atoms with Gasteiger partial charge in [-0.2, -0.15) is 0 Å². The first-order chi connectivity index (χ1) is 13.6. The van der Waals surface area contributed by atoms with Crippen molar-refractivity contribution in [2.24, 2.45) is 0 Å². The van der Waals surface area contributed by atoms with Gasteiger partial charge in [0.15, 0.2) is 5.78 Å². The molecule has 1 saturated heterocycles. The van der Waals surface area contributed by atoms with E-state index in [4.69, 9.17) is 17.0 Å². The first-order valence-corrected chi connectivity index (χ1v) is 10.2. The monoisotopic (exact) mass is 476 g/mol. The fourth-order valence-electron chi connectivity index (χ4n) is 3.98. The molecule has 0 atom stereocenters. The third-order valence-electron chi connectivity index (χ3n) is 5.53. The van der Waals surface area contributed by atoms with Gasteiger partial charge in [0.05, 0.1) is 17.6 Å². The fourth-order valence-corrected chi connectivity index (χ4v) is 4.10. The van der Waals surface area contributed by atoms with Crippen molar-refractivity contribution in [2.75, 3.05) is 19.6 Å². The van der Waals surface area contributed by atoms with Gasteiger partial charge in [-0.3, -0.25) is 10.2 Å². The molecule has 0 spiro atoms. The van der Waals surface area contributed by atoms with Crippen molar-refractivity contribution in [3.05, 3.63) is 64.7 Å². The Balaban J connectivity index is 0.00000240. The number of benzene rings is 2. The van der Waals surface area contributed by atoms with Gasteiger partial charge in [-0.05, 0) is 62.3 Å². The smallest absolute Gasteiger partial charge is 0.203 e. The summed E-state index contributed by atoms with van der Waals surface area (Å²) in [6.07, 6.45) is 3.84. The summed E-state index contributed by atoms with van der Waals surface area (Å²) in [6.45, 7) is 4.14. The molecule has 0 unspecified atom stereocenters. The van der Waals surface area contributed by atoms with E-state index in [0.29, 0.717) is 16.2 Å². The van der Waals surface area contributed by atoms with Crippen molar-refractivity contribution in [1.29, 1.82) is 5.41 Å². The van der Waals surface area contributed by atoms with Gasteiger partial charge in [-0.1, -0.05) is 30.2 Å². The molecule has 0 amide bonds. The average molecular weight is 478 g/mol. The second-order valence-corrected chi connectivity index (χ2v) is 7.82. The predicted molar refractivity (Wildman–Crippen MR) is 122 cm³/mol. The number of fused-ring (bicyclic) bond motifs is 1. The number of halogens is 2. The van der Waals surface area contributed by atoms with Crippen LogP contribution in [0.2, 0.25) is 5.02 Å². The van der Waals surface area contributed by atoms with E-state index in [1.54, 1.807) is 24.3 Å². The lowest BCUT2D eigenvalue weighted by Gasteiger charge is -2.26. The minimum Gasteiger partial charge on any atom is -0.309 e. The number of nitrogens with one attached hydrogen (secondary N) is 1. The number of Topliss-reactive ketones (excluding diaryl/α,β-unsaturated/α-hetero) is 1. The number of ketones is 1. The molecule has 1 fully saturated rings. The summed E-state index contributed by atoms with van der Waals surface area (Å²) >= 11 is 5.93. The zero-order valence-corrected chi connectivity index (χ0v) is 18.8. The van der Waals surface area contributed by atoms with Gasteiger partial charge >= 0.3 is 0 Å². The molecule has 4 rings (SSSR count). The molecular formula is C22H26BrClN4O. The van der Waals surface area contributed by atoms with Gasteiger partial charge in [-0.15, -0.1) is 17.0 Å². The molecule has 1 N–H and O–H groups in total.